The Morgan fingerprint density at radius 1 is 1.42 bits per heavy atom. The molecule has 0 aliphatic heterocycles. The van der Waals surface area contributed by atoms with Crippen LogP contribution in [-0.4, -0.2) is 17.1 Å². The van der Waals surface area contributed by atoms with E-state index in [4.69, 9.17) is 10.8 Å². The minimum Gasteiger partial charge on any atom is -0.480 e. The molecule has 0 radical (unpaired) electrons. The molecule has 0 saturated heterocycles. The zero-order valence-corrected chi connectivity index (χ0v) is 6.60. The van der Waals surface area contributed by atoms with Crippen LogP contribution in [0.2, 0.25) is 0 Å². The minimum absolute atomic E-state index is 0.385. The molecule has 0 heterocycles. The Balaban J connectivity index is 2.58. The average molecular weight is 167 g/mol. The minimum atomic E-state index is -0.959. The first kappa shape index (κ1) is 8.74. The summed E-state index contributed by atoms with van der Waals surface area (Å²) in [6.07, 6.45) is 0.385. The summed E-state index contributed by atoms with van der Waals surface area (Å²) in [6.45, 7) is 0. The van der Waals surface area contributed by atoms with Crippen molar-refractivity contribution in [2.75, 3.05) is 0 Å². The Labute approximate surface area is 70.8 Å². The van der Waals surface area contributed by atoms with Crippen LogP contribution >= 0.6 is 0 Å². The van der Waals surface area contributed by atoms with Gasteiger partial charge in [-0.2, -0.15) is 0 Å². The molecule has 1 unspecified atom stereocenters. The molecule has 3 nitrogen and oxygen atoms in total. The SMILES string of the molecule is N[14CH](Cc1ccccc1)C(=O)O. The standard InChI is InChI=1S/C9H11NO2/c10-8(9(11)12)6-7-4-2-1-3-5-7/h1-5,8H,6,10H2,(H,11,12)/i8+2. The van der Waals surface area contributed by atoms with Gasteiger partial charge in [0.2, 0.25) is 0 Å². The molecule has 0 aromatic heterocycles. The number of carboxylic acids is 1. The smallest absolute Gasteiger partial charge is 0.320 e. The van der Waals surface area contributed by atoms with Gasteiger partial charge in [0.05, 0.1) is 0 Å². The molecule has 0 spiro atoms. The number of carbonyl (C=O) groups is 1. The molecule has 0 aliphatic rings. The summed E-state index contributed by atoms with van der Waals surface area (Å²) >= 11 is 0. The highest BCUT2D eigenvalue weighted by molar-refractivity contribution is 5.73. The lowest BCUT2D eigenvalue weighted by Crippen LogP contribution is -2.32. The van der Waals surface area contributed by atoms with Crippen molar-refractivity contribution in [2.24, 2.45) is 5.73 Å². The van der Waals surface area contributed by atoms with Gasteiger partial charge in [0.25, 0.3) is 0 Å². The molecule has 0 fully saturated rings. The fourth-order valence-corrected chi connectivity index (χ4v) is 0.955. The van der Waals surface area contributed by atoms with E-state index in [0.29, 0.717) is 6.42 Å². The highest BCUT2D eigenvalue weighted by Gasteiger charge is 2.10. The van der Waals surface area contributed by atoms with Crippen molar-refractivity contribution >= 4 is 5.97 Å². The van der Waals surface area contributed by atoms with E-state index in [1.165, 1.54) is 0 Å². The number of rotatable bonds is 3. The second kappa shape index (κ2) is 3.88. The number of hydrogen-bond acceptors (Lipinski definition) is 2. The van der Waals surface area contributed by atoms with Crippen LogP contribution in [0.1, 0.15) is 5.56 Å². The van der Waals surface area contributed by atoms with E-state index in [0.717, 1.165) is 5.56 Å². The molecule has 1 aromatic carbocycles. The van der Waals surface area contributed by atoms with Crippen LogP contribution in [0, 0.1) is 0 Å². The summed E-state index contributed by atoms with van der Waals surface area (Å²) < 4.78 is 0. The maximum absolute atomic E-state index is 10.4. The predicted molar refractivity (Wildman–Crippen MR) is 45.8 cm³/mol. The van der Waals surface area contributed by atoms with E-state index in [1.54, 1.807) is 0 Å². The summed E-state index contributed by atoms with van der Waals surface area (Å²) in [7, 11) is 0. The van der Waals surface area contributed by atoms with Crippen LogP contribution in [0.4, 0.5) is 0 Å². The van der Waals surface area contributed by atoms with Gasteiger partial charge >= 0.3 is 5.97 Å². The third-order valence-electron chi connectivity index (χ3n) is 1.62. The van der Waals surface area contributed by atoms with Crippen molar-refractivity contribution in [1.29, 1.82) is 0 Å². The summed E-state index contributed by atoms with van der Waals surface area (Å²) in [5.74, 6) is -0.959. The molecule has 0 saturated carbocycles. The molecule has 3 N–H and O–H groups in total. The van der Waals surface area contributed by atoms with Crippen molar-refractivity contribution in [3.63, 3.8) is 0 Å². The molecule has 1 rings (SSSR count). The quantitative estimate of drug-likeness (QED) is 0.694. The van der Waals surface area contributed by atoms with Crippen LogP contribution in [0.3, 0.4) is 0 Å². The number of carboxylic acid groups (broad SMARTS) is 1. The average Bonchev–Trinajstić information content (AvgIpc) is 2.06. The van der Waals surface area contributed by atoms with Crippen molar-refractivity contribution in [3.05, 3.63) is 35.9 Å². The van der Waals surface area contributed by atoms with Crippen molar-refractivity contribution in [2.45, 2.75) is 12.5 Å². The Morgan fingerprint density at radius 3 is 2.50 bits per heavy atom. The van der Waals surface area contributed by atoms with E-state index >= 15 is 0 Å². The molecular weight excluding hydrogens is 156 g/mol. The van der Waals surface area contributed by atoms with Gasteiger partial charge < -0.3 is 10.8 Å². The van der Waals surface area contributed by atoms with Gasteiger partial charge in [0.1, 0.15) is 6.04 Å². The molecule has 0 amide bonds. The van der Waals surface area contributed by atoms with Crippen LogP contribution in [0.15, 0.2) is 30.3 Å². The molecule has 0 bridgehead atoms. The summed E-state index contributed by atoms with van der Waals surface area (Å²) in [4.78, 5) is 10.4. The third kappa shape index (κ3) is 2.36. The van der Waals surface area contributed by atoms with Gasteiger partial charge in [0, 0.05) is 0 Å². The maximum Gasteiger partial charge on any atom is 0.320 e. The van der Waals surface area contributed by atoms with Gasteiger partial charge in [-0.05, 0) is 12.0 Å². The molecule has 12 heavy (non-hydrogen) atoms. The van der Waals surface area contributed by atoms with Crippen molar-refractivity contribution in [3.8, 4) is 0 Å². The summed E-state index contributed by atoms with van der Waals surface area (Å²) in [5, 5.41) is 8.52. The topological polar surface area (TPSA) is 63.3 Å². The van der Waals surface area contributed by atoms with E-state index in [9.17, 15) is 4.79 Å². The summed E-state index contributed by atoms with van der Waals surface area (Å²) in [5.41, 5.74) is 6.30. The number of hydrogen-bond donors (Lipinski definition) is 2. The lowest BCUT2D eigenvalue weighted by molar-refractivity contribution is -0.138. The van der Waals surface area contributed by atoms with Gasteiger partial charge in [-0.3, -0.25) is 4.79 Å². The maximum atomic E-state index is 10.4. The fraction of sp³-hybridized carbons (Fsp3) is 0.222. The Morgan fingerprint density at radius 2 is 2.00 bits per heavy atom. The number of benzene rings is 1. The second-order valence-corrected chi connectivity index (χ2v) is 2.63. The lowest BCUT2D eigenvalue weighted by atomic mass is 10.2. The zero-order valence-electron chi connectivity index (χ0n) is 6.60. The van der Waals surface area contributed by atoms with Crippen LogP contribution in [0.25, 0.3) is 0 Å². The van der Waals surface area contributed by atoms with Gasteiger partial charge in [-0.25, -0.2) is 0 Å². The van der Waals surface area contributed by atoms with Crippen LogP contribution < -0.4 is 5.73 Å². The van der Waals surface area contributed by atoms with E-state index < -0.39 is 12.0 Å². The van der Waals surface area contributed by atoms with Crippen molar-refractivity contribution < 1.29 is 9.90 Å². The first-order valence-electron chi connectivity index (χ1n) is 3.72. The Hall–Kier alpha value is -1.35. The van der Waals surface area contributed by atoms with E-state index in [-0.39, 0.29) is 0 Å². The predicted octanol–water partition coefficient (Wildman–Crippen LogP) is 0.641. The fourth-order valence-electron chi connectivity index (χ4n) is 0.955. The van der Waals surface area contributed by atoms with Crippen molar-refractivity contribution in [1.82, 2.24) is 0 Å². The second-order valence-electron chi connectivity index (χ2n) is 2.63. The Kier molecular flexibility index (Phi) is 2.82. The number of aliphatic carboxylic acids is 1. The highest BCUT2D eigenvalue weighted by atomic mass is 16.4. The molecule has 1 aromatic rings. The molecule has 64 valence electrons. The van der Waals surface area contributed by atoms with E-state index in [2.05, 4.69) is 0 Å². The monoisotopic (exact) mass is 167 g/mol. The van der Waals surface area contributed by atoms with Gasteiger partial charge in [0.15, 0.2) is 0 Å². The third-order valence-corrected chi connectivity index (χ3v) is 1.62. The van der Waals surface area contributed by atoms with Crippen LogP contribution in [0.5, 0.6) is 0 Å². The van der Waals surface area contributed by atoms with Gasteiger partial charge in [-0.15, -0.1) is 0 Å². The molecular formula is C9H11NO2. The molecule has 0 aliphatic carbocycles. The molecule has 3 heteroatoms. The largest absolute Gasteiger partial charge is 0.480 e. The highest BCUT2D eigenvalue weighted by Crippen LogP contribution is 2.01. The first-order chi connectivity index (χ1) is 5.70. The summed E-state index contributed by atoms with van der Waals surface area (Å²) in [6, 6.07) is 8.54. The zero-order chi connectivity index (χ0) is 8.97. The Bertz CT molecular complexity index is 258. The van der Waals surface area contributed by atoms with Crippen LogP contribution in [-0.2, 0) is 11.2 Å². The molecule has 1 atom stereocenters. The normalized spacial score (nSPS) is 12.4. The lowest BCUT2D eigenvalue weighted by Gasteiger charge is -2.04. The van der Waals surface area contributed by atoms with E-state index in [1.807, 2.05) is 30.3 Å². The van der Waals surface area contributed by atoms with Gasteiger partial charge in [-0.1, -0.05) is 30.3 Å². The number of nitrogens with two attached hydrogens (primary N) is 1. The first-order valence-corrected chi connectivity index (χ1v) is 3.72.